The molecule has 0 radical (unpaired) electrons. The third kappa shape index (κ3) is 1.99. The highest BCUT2D eigenvalue weighted by Crippen LogP contribution is 2.25. The molecule has 1 aromatic heterocycles. The highest BCUT2D eigenvalue weighted by atomic mass is 79.9. The average Bonchev–Trinajstić information content (AvgIpc) is 2.63. The van der Waals surface area contributed by atoms with E-state index in [9.17, 15) is 0 Å². The minimum atomic E-state index is 0.372. The normalized spacial score (nSPS) is 10.8. The average molecular weight is 301 g/mol. The highest BCUT2D eigenvalue weighted by molar-refractivity contribution is 9.10. The molecular formula is C11H11BrClN3. The second kappa shape index (κ2) is 4.55. The van der Waals surface area contributed by atoms with Crippen LogP contribution < -0.4 is 0 Å². The van der Waals surface area contributed by atoms with Crippen molar-refractivity contribution in [1.29, 1.82) is 0 Å². The Balaban J connectivity index is 2.58. The number of alkyl halides is 1. The van der Waals surface area contributed by atoms with Crippen molar-refractivity contribution < 1.29 is 0 Å². The molecule has 0 saturated heterocycles. The van der Waals surface area contributed by atoms with Gasteiger partial charge in [-0.3, -0.25) is 0 Å². The van der Waals surface area contributed by atoms with E-state index in [0.29, 0.717) is 5.88 Å². The summed E-state index contributed by atoms with van der Waals surface area (Å²) in [7, 11) is 1.92. The molecule has 0 spiro atoms. The van der Waals surface area contributed by atoms with E-state index < -0.39 is 0 Å². The lowest BCUT2D eigenvalue weighted by Crippen LogP contribution is -1.98. The Labute approximate surface area is 108 Å². The lowest BCUT2D eigenvalue weighted by Gasteiger charge is -2.06. The van der Waals surface area contributed by atoms with Crippen molar-refractivity contribution in [3.05, 3.63) is 34.1 Å². The number of hydrogen-bond acceptors (Lipinski definition) is 2. The van der Waals surface area contributed by atoms with E-state index in [0.717, 1.165) is 21.7 Å². The molecule has 2 aromatic rings. The van der Waals surface area contributed by atoms with Crippen molar-refractivity contribution in [2.45, 2.75) is 12.8 Å². The standard InChI is InChI=1S/C11H11BrClN3/c1-7-3-4-8(12)5-9(7)11-15-14-10(6-13)16(11)2/h3-5H,6H2,1-2H3. The number of nitrogens with zero attached hydrogens (tertiary/aromatic N) is 3. The summed E-state index contributed by atoms with van der Waals surface area (Å²) in [4.78, 5) is 0. The Bertz CT molecular complexity index is 522. The summed E-state index contributed by atoms with van der Waals surface area (Å²) >= 11 is 9.23. The molecule has 16 heavy (non-hydrogen) atoms. The maximum absolute atomic E-state index is 5.77. The van der Waals surface area contributed by atoms with E-state index in [-0.39, 0.29) is 0 Å². The van der Waals surface area contributed by atoms with Crippen LogP contribution in [0.15, 0.2) is 22.7 Å². The maximum Gasteiger partial charge on any atom is 0.164 e. The third-order valence-corrected chi connectivity index (χ3v) is 3.26. The largest absolute Gasteiger partial charge is 0.313 e. The molecule has 1 heterocycles. The van der Waals surface area contributed by atoms with Crippen molar-refractivity contribution in [3.8, 4) is 11.4 Å². The van der Waals surface area contributed by atoms with E-state index >= 15 is 0 Å². The van der Waals surface area contributed by atoms with Crippen LogP contribution in [0.4, 0.5) is 0 Å². The molecule has 0 fully saturated rings. The zero-order valence-corrected chi connectivity index (χ0v) is 11.4. The smallest absolute Gasteiger partial charge is 0.164 e. The number of halogens is 2. The molecule has 2 rings (SSSR count). The molecule has 84 valence electrons. The van der Waals surface area contributed by atoms with Gasteiger partial charge in [0.25, 0.3) is 0 Å². The zero-order valence-electron chi connectivity index (χ0n) is 9.04. The molecular weight excluding hydrogens is 289 g/mol. The van der Waals surface area contributed by atoms with Crippen LogP contribution in [0.2, 0.25) is 0 Å². The summed E-state index contributed by atoms with van der Waals surface area (Å²) in [6.07, 6.45) is 0. The Hall–Kier alpha value is -0.870. The van der Waals surface area contributed by atoms with Crippen LogP contribution in [-0.2, 0) is 12.9 Å². The van der Waals surface area contributed by atoms with E-state index in [1.165, 1.54) is 5.56 Å². The van der Waals surface area contributed by atoms with E-state index in [4.69, 9.17) is 11.6 Å². The molecule has 0 bridgehead atoms. The van der Waals surface area contributed by atoms with Crippen LogP contribution in [0.1, 0.15) is 11.4 Å². The van der Waals surface area contributed by atoms with Gasteiger partial charge in [0, 0.05) is 17.1 Å². The van der Waals surface area contributed by atoms with E-state index in [1.807, 2.05) is 23.7 Å². The van der Waals surface area contributed by atoms with Gasteiger partial charge in [0.2, 0.25) is 0 Å². The number of aromatic nitrogens is 3. The first-order chi connectivity index (χ1) is 7.63. The van der Waals surface area contributed by atoms with Gasteiger partial charge >= 0.3 is 0 Å². The van der Waals surface area contributed by atoms with Gasteiger partial charge < -0.3 is 4.57 Å². The van der Waals surface area contributed by atoms with E-state index in [2.05, 4.69) is 39.1 Å². The monoisotopic (exact) mass is 299 g/mol. The molecule has 0 saturated carbocycles. The van der Waals surface area contributed by atoms with Crippen molar-refractivity contribution in [1.82, 2.24) is 14.8 Å². The molecule has 0 aliphatic rings. The summed E-state index contributed by atoms with van der Waals surface area (Å²) in [5.41, 5.74) is 2.24. The molecule has 3 nitrogen and oxygen atoms in total. The van der Waals surface area contributed by atoms with Crippen molar-refractivity contribution >= 4 is 27.5 Å². The lowest BCUT2D eigenvalue weighted by atomic mass is 10.1. The van der Waals surface area contributed by atoms with Gasteiger partial charge in [-0.05, 0) is 24.6 Å². The van der Waals surface area contributed by atoms with E-state index in [1.54, 1.807) is 0 Å². The quantitative estimate of drug-likeness (QED) is 0.797. The van der Waals surface area contributed by atoms with Gasteiger partial charge in [-0.15, -0.1) is 21.8 Å². The maximum atomic E-state index is 5.77. The van der Waals surface area contributed by atoms with Gasteiger partial charge in [-0.25, -0.2) is 0 Å². The van der Waals surface area contributed by atoms with Gasteiger partial charge in [0.05, 0.1) is 5.88 Å². The number of hydrogen-bond donors (Lipinski definition) is 0. The van der Waals surface area contributed by atoms with Crippen LogP contribution in [0.25, 0.3) is 11.4 Å². The SMILES string of the molecule is Cc1ccc(Br)cc1-c1nnc(CCl)n1C. The minimum Gasteiger partial charge on any atom is -0.313 e. The van der Waals surface area contributed by atoms with Gasteiger partial charge in [0.15, 0.2) is 5.82 Å². The fourth-order valence-corrected chi connectivity index (χ4v) is 2.14. The van der Waals surface area contributed by atoms with Gasteiger partial charge in [-0.2, -0.15) is 0 Å². The molecule has 0 N–H and O–H groups in total. The molecule has 0 amide bonds. The van der Waals surface area contributed by atoms with Gasteiger partial charge in [-0.1, -0.05) is 22.0 Å². The Kier molecular flexibility index (Phi) is 3.30. The number of aryl methyl sites for hydroxylation is 1. The van der Waals surface area contributed by atoms with Crippen molar-refractivity contribution in [2.75, 3.05) is 0 Å². The second-order valence-corrected chi connectivity index (χ2v) is 4.77. The second-order valence-electron chi connectivity index (χ2n) is 3.59. The predicted octanol–water partition coefficient (Wildman–Crippen LogP) is 3.29. The Morgan fingerprint density at radius 1 is 1.38 bits per heavy atom. The van der Waals surface area contributed by atoms with Crippen LogP contribution in [-0.4, -0.2) is 14.8 Å². The first kappa shape index (κ1) is 11.6. The third-order valence-electron chi connectivity index (χ3n) is 2.53. The summed E-state index contributed by atoms with van der Waals surface area (Å²) in [5, 5.41) is 8.21. The topological polar surface area (TPSA) is 30.7 Å². The molecule has 1 aromatic carbocycles. The molecule has 0 aliphatic carbocycles. The minimum absolute atomic E-state index is 0.372. The van der Waals surface area contributed by atoms with Crippen LogP contribution >= 0.6 is 27.5 Å². The molecule has 5 heteroatoms. The van der Waals surface area contributed by atoms with Crippen LogP contribution in [0.5, 0.6) is 0 Å². The summed E-state index contributed by atoms with van der Waals surface area (Å²) in [5.74, 6) is 1.99. The van der Waals surface area contributed by atoms with Gasteiger partial charge in [0.1, 0.15) is 5.82 Å². The summed E-state index contributed by atoms with van der Waals surface area (Å²) in [6, 6.07) is 6.10. The molecule has 0 aliphatic heterocycles. The van der Waals surface area contributed by atoms with Crippen LogP contribution in [0.3, 0.4) is 0 Å². The first-order valence-corrected chi connectivity index (χ1v) is 6.17. The fourth-order valence-electron chi connectivity index (χ4n) is 1.55. The van der Waals surface area contributed by atoms with Crippen molar-refractivity contribution in [3.63, 3.8) is 0 Å². The Morgan fingerprint density at radius 2 is 2.12 bits per heavy atom. The van der Waals surface area contributed by atoms with Crippen molar-refractivity contribution in [2.24, 2.45) is 7.05 Å². The highest BCUT2D eigenvalue weighted by Gasteiger charge is 2.12. The number of benzene rings is 1. The number of rotatable bonds is 2. The predicted molar refractivity (Wildman–Crippen MR) is 68.4 cm³/mol. The first-order valence-electron chi connectivity index (χ1n) is 4.84. The Morgan fingerprint density at radius 3 is 2.75 bits per heavy atom. The molecule has 0 unspecified atom stereocenters. The lowest BCUT2D eigenvalue weighted by molar-refractivity contribution is 0.853. The molecule has 0 atom stereocenters. The summed E-state index contributed by atoms with van der Waals surface area (Å²) < 4.78 is 2.95. The summed E-state index contributed by atoms with van der Waals surface area (Å²) in [6.45, 7) is 2.05. The van der Waals surface area contributed by atoms with Crippen LogP contribution in [0, 0.1) is 6.92 Å². The fraction of sp³-hybridized carbons (Fsp3) is 0.273. The zero-order chi connectivity index (χ0) is 11.7.